The van der Waals surface area contributed by atoms with Crippen molar-refractivity contribution in [1.29, 1.82) is 0 Å². The maximum atomic E-state index is 11.2. The van der Waals surface area contributed by atoms with Crippen LogP contribution in [0.5, 0.6) is 0 Å². The van der Waals surface area contributed by atoms with Gasteiger partial charge in [0.05, 0.1) is 5.56 Å². The van der Waals surface area contributed by atoms with Gasteiger partial charge in [-0.3, -0.25) is 0 Å². The third-order valence-electron chi connectivity index (χ3n) is 1.97. The van der Waals surface area contributed by atoms with Crippen LogP contribution in [-0.4, -0.2) is 5.97 Å². The fraction of sp³-hybridized carbons (Fsp3) is 0.364. The van der Waals surface area contributed by atoms with Crippen LogP contribution in [-0.2, 0) is 11.3 Å². The summed E-state index contributed by atoms with van der Waals surface area (Å²) in [6.07, 6.45) is 1.01. The summed E-state index contributed by atoms with van der Waals surface area (Å²) in [5.41, 5.74) is 1.74. The lowest BCUT2D eigenvalue weighted by Crippen LogP contribution is -2.11. The van der Waals surface area contributed by atoms with E-state index in [1.54, 1.807) is 12.1 Å². The van der Waals surface area contributed by atoms with Gasteiger partial charge in [-0.25, -0.2) is 4.79 Å². The Morgan fingerprint density at radius 2 is 2.00 bits per heavy atom. The molecule has 3 nitrogen and oxygen atoms in total. The third kappa shape index (κ3) is 3.93. The average Bonchev–Trinajstić information content (AvgIpc) is 2.18. The Labute approximate surface area is 95.3 Å². The van der Waals surface area contributed by atoms with Gasteiger partial charge < -0.3 is 4.84 Å². The molecular formula is C11H15NO2S. The van der Waals surface area contributed by atoms with E-state index in [1.165, 1.54) is 5.56 Å². The minimum atomic E-state index is -0.430. The molecule has 0 amide bonds. The molecule has 4 heteroatoms. The van der Waals surface area contributed by atoms with Crippen molar-refractivity contribution < 1.29 is 9.63 Å². The first-order chi connectivity index (χ1) is 7.13. The highest BCUT2D eigenvalue weighted by Gasteiger charge is 2.06. The maximum Gasteiger partial charge on any atom is 0.357 e. The van der Waals surface area contributed by atoms with Crippen molar-refractivity contribution in [3.05, 3.63) is 35.4 Å². The largest absolute Gasteiger partial charge is 0.357 e. The van der Waals surface area contributed by atoms with Crippen LogP contribution in [0.1, 0.15) is 29.8 Å². The molecule has 1 aromatic carbocycles. The summed E-state index contributed by atoms with van der Waals surface area (Å²) in [6.45, 7) is 4.32. The fourth-order valence-corrected chi connectivity index (χ4v) is 1.43. The highest BCUT2D eigenvalue weighted by Crippen LogP contribution is 2.10. The van der Waals surface area contributed by atoms with Gasteiger partial charge in [-0.15, -0.1) is 0 Å². The highest BCUT2D eigenvalue weighted by molar-refractivity contribution is 7.77. The molecule has 82 valence electrons. The normalized spacial score (nSPS) is 10.4. The zero-order valence-corrected chi connectivity index (χ0v) is 9.75. The molecule has 15 heavy (non-hydrogen) atoms. The number of hydrogen-bond donors (Lipinski definition) is 2. The summed E-state index contributed by atoms with van der Waals surface area (Å²) in [7, 11) is 0. The van der Waals surface area contributed by atoms with E-state index in [0.29, 0.717) is 11.5 Å². The van der Waals surface area contributed by atoms with Gasteiger partial charge >= 0.3 is 5.97 Å². The predicted molar refractivity (Wildman–Crippen MR) is 62.5 cm³/mol. The molecule has 0 radical (unpaired) electrons. The molecule has 0 saturated carbocycles. The summed E-state index contributed by atoms with van der Waals surface area (Å²) in [4.78, 5) is 17.8. The minimum absolute atomic E-state index is 0.430. The van der Waals surface area contributed by atoms with Crippen molar-refractivity contribution in [2.75, 3.05) is 0 Å². The second-order valence-electron chi connectivity index (χ2n) is 3.78. The molecule has 0 unspecified atom stereocenters. The van der Waals surface area contributed by atoms with Crippen LogP contribution in [0.4, 0.5) is 0 Å². The quantitative estimate of drug-likeness (QED) is 0.610. The zero-order chi connectivity index (χ0) is 11.3. The van der Waals surface area contributed by atoms with Gasteiger partial charge in [-0.05, 0) is 30.0 Å². The molecule has 0 fully saturated rings. The van der Waals surface area contributed by atoms with Gasteiger partial charge in [0.15, 0.2) is 0 Å². The van der Waals surface area contributed by atoms with Gasteiger partial charge in [-0.1, -0.05) is 43.7 Å². The molecule has 0 spiro atoms. The Bertz CT molecular complexity index is 322. The minimum Gasteiger partial charge on any atom is -0.356 e. The van der Waals surface area contributed by atoms with Crippen molar-refractivity contribution >= 4 is 18.8 Å². The standard InChI is InChI=1S/C11H15NO2S/c1-8(2)7-9-3-5-10(6-4-9)11(13)14-12-15/h3-6,8,12,15H,7H2,1-2H3. The van der Waals surface area contributed by atoms with E-state index in [9.17, 15) is 4.79 Å². The van der Waals surface area contributed by atoms with Crippen molar-refractivity contribution in [2.45, 2.75) is 20.3 Å². The monoisotopic (exact) mass is 225 g/mol. The van der Waals surface area contributed by atoms with E-state index >= 15 is 0 Å². The highest BCUT2D eigenvalue weighted by atomic mass is 32.1. The van der Waals surface area contributed by atoms with Gasteiger partial charge in [0.25, 0.3) is 0 Å². The molecular weight excluding hydrogens is 210 g/mol. The lowest BCUT2D eigenvalue weighted by molar-refractivity contribution is 0.0429. The smallest absolute Gasteiger partial charge is 0.356 e. The van der Waals surface area contributed by atoms with Gasteiger partial charge in [0.2, 0.25) is 0 Å². The lowest BCUT2D eigenvalue weighted by atomic mass is 10.0. The second kappa shape index (κ2) is 5.78. The molecule has 0 saturated heterocycles. The number of thiol groups is 1. The first-order valence-corrected chi connectivity index (χ1v) is 5.27. The number of carbonyl (C=O) groups is 1. The Kier molecular flexibility index (Phi) is 4.65. The van der Waals surface area contributed by atoms with Crippen LogP contribution in [0.3, 0.4) is 0 Å². The molecule has 0 heterocycles. The molecule has 1 aromatic rings. The Morgan fingerprint density at radius 3 is 2.47 bits per heavy atom. The summed E-state index contributed by atoms with van der Waals surface area (Å²) >= 11 is 3.58. The second-order valence-corrected chi connectivity index (χ2v) is 3.96. The Morgan fingerprint density at radius 1 is 1.40 bits per heavy atom. The van der Waals surface area contributed by atoms with Gasteiger partial charge in [-0.2, -0.15) is 0 Å². The lowest BCUT2D eigenvalue weighted by Gasteiger charge is -2.05. The molecule has 0 atom stereocenters. The third-order valence-corrected chi connectivity index (χ3v) is 2.06. The molecule has 0 bridgehead atoms. The van der Waals surface area contributed by atoms with Gasteiger partial charge in [0, 0.05) is 0 Å². The molecule has 0 aromatic heterocycles. The van der Waals surface area contributed by atoms with E-state index < -0.39 is 5.97 Å². The SMILES string of the molecule is CC(C)Cc1ccc(C(=O)ONS)cc1. The first kappa shape index (κ1) is 12.1. The molecule has 0 aliphatic heterocycles. The summed E-state index contributed by atoms with van der Waals surface area (Å²) in [5, 5.41) is 0. The molecule has 0 aliphatic carbocycles. The van der Waals surface area contributed by atoms with E-state index in [-0.39, 0.29) is 0 Å². The van der Waals surface area contributed by atoms with Crippen molar-refractivity contribution in [3.8, 4) is 0 Å². The number of nitrogens with one attached hydrogen (secondary N) is 1. The van der Waals surface area contributed by atoms with Crippen LogP contribution in [0.2, 0.25) is 0 Å². The average molecular weight is 225 g/mol. The first-order valence-electron chi connectivity index (χ1n) is 4.82. The van der Waals surface area contributed by atoms with E-state index in [1.807, 2.05) is 12.1 Å². The van der Waals surface area contributed by atoms with E-state index in [4.69, 9.17) is 0 Å². The van der Waals surface area contributed by atoms with Gasteiger partial charge in [0.1, 0.15) is 0 Å². The van der Waals surface area contributed by atoms with Crippen LogP contribution in [0, 0.1) is 5.92 Å². The van der Waals surface area contributed by atoms with Crippen LogP contribution < -0.4 is 4.89 Å². The molecule has 1 N–H and O–H groups in total. The van der Waals surface area contributed by atoms with Crippen LogP contribution in [0.15, 0.2) is 24.3 Å². The fourth-order valence-electron chi connectivity index (χ4n) is 1.35. The zero-order valence-electron chi connectivity index (χ0n) is 8.86. The van der Waals surface area contributed by atoms with Crippen molar-refractivity contribution in [2.24, 2.45) is 5.92 Å². The number of benzene rings is 1. The van der Waals surface area contributed by atoms with Crippen LogP contribution >= 0.6 is 12.8 Å². The van der Waals surface area contributed by atoms with Crippen molar-refractivity contribution in [1.82, 2.24) is 4.89 Å². The number of rotatable bonds is 4. The Hall–Kier alpha value is -1.00. The summed E-state index contributed by atoms with van der Waals surface area (Å²) in [5.74, 6) is 0.183. The number of carbonyl (C=O) groups excluding carboxylic acids is 1. The topological polar surface area (TPSA) is 38.3 Å². The molecule has 0 aliphatic rings. The number of hydrogen-bond acceptors (Lipinski definition) is 4. The van der Waals surface area contributed by atoms with Crippen LogP contribution in [0.25, 0.3) is 0 Å². The maximum absolute atomic E-state index is 11.2. The molecule has 1 rings (SSSR count). The Balaban J connectivity index is 2.67. The van der Waals surface area contributed by atoms with E-state index in [2.05, 4.69) is 36.4 Å². The van der Waals surface area contributed by atoms with Crippen molar-refractivity contribution in [3.63, 3.8) is 0 Å². The summed E-state index contributed by atoms with van der Waals surface area (Å²) < 4.78 is 0. The summed E-state index contributed by atoms with van der Waals surface area (Å²) in [6, 6.07) is 7.39. The predicted octanol–water partition coefficient (Wildman–Crippen LogP) is 2.39. The van der Waals surface area contributed by atoms with E-state index in [0.717, 1.165) is 6.42 Å².